The summed E-state index contributed by atoms with van der Waals surface area (Å²) in [4.78, 5) is 23.5. The van der Waals surface area contributed by atoms with Gasteiger partial charge in [-0.25, -0.2) is 4.79 Å². The number of alkyl halides is 3. The summed E-state index contributed by atoms with van der Waals surface area (Å²) in [7, 11) is 0. The summed E-state index contributed by atoms with van der Waals surface area (Å²) in [5.41, 5.74) is -2.60. The summed E-state index contributed by atoms with van der Waals surface area (Å²) in [6.07, 6.45) is -5.88. The third-order valence-electron chi connectivity index (χ3n) is 3.66. The first-order valence-corrected chi connectivity index (χ1v) is 7.12. The molecule has 1 aromatic rings. The van der Waals surface area contributed by atoms with Crippen LogP contribution in [0.3, 0.4) is 0 Å². The van der Waals surface area contributed by atoms with Crippen molar-refractivity contribution in [2.45, 2.75) is 31.2 Å². The SMILES string of the molecule is CC(Oc1ccccc1C(F)(F)F)C(=O)NC1(C(=O)O)CCOC1. The molecule has 0 radical (unpaired) electrons. The lowest BCUT2D eigenvalue weighted by molar-refractivity contribution is -0.149. The number of rotatable bonds is 5. The van der Waals surface area contributed by atoms with Crippen LogP contribution >= 0.6 is 0 Å². The van der Waals surface area contributed by atoms with Gasteiger partial charge < -0.3 is 19.9 Å². The average molecular weight is 347 g/mol. The van der Waals surface area contributed by atoms with Crippen molar-refractivity contribution in [3.8, 4) is 5.75 Å². The summed E-state index contributed by atoms with van der Waals surface area (Å²) in [5.74, 6) is -2.60. The van der Waals surface area contributed by atoms with E-state index in [-0.39, 0.29) is 19.6 Å². The highest BCUT2D eigenvalue weighted by molar-refractivity contribution is 5.89. The molecule has 2 atom stereocenters. The van der Waals surface area contributed by atoms with Gasteiger partial charge >= 0.3 is 12.1 Å². The molecule has 2 N–H and O–H groups in total. The van der Waals surface area contributed by atoms with Crippen molar-refractivity contribution in [2.24, 2.45) is 0 Å². The number of nitrogens with one attached hydrogen (secondary N) is 1. The van der Waals surface area contributed by atoms with Gasteiger partial charge in [-0.15, -0.1) is 0 Å². The van der Waals surface area contributed by atoms with Crippen molar-refractivity contribution in [1.29, 1.82) is 0 Å². The summed E-state index contributed by atoms with van der Waals surface area (Å²) in [6, 6.07) is 4.48. The molecule has 0 aromatic heterocycles. The second kappa shape index (κ2) is 6.68. The van der Waals surface area contributed by atoms with Gasteiger partial charge in [0.25, 0.3) is 5.91 Å². The van der Waals surface area contributed by atoms with Crippen molar-refractivity contribution < 1.29 is 37.3 Å². The molecule has 132 valence electrons. The van der Waals surface area contributed by atoms with Crippen LogP contribution in [0.2, 0.25) is 0 Å². The fraction of sp³-hybridized carbons (Fsp3) is 0.467. The Balaban J connectivity index is 2.11. The van der Waals surface area contributed by atoms with E-state index < -0.39 is 41.0 Å². The number of halogens is 3. The third-order valence-corrected chi connectivity index (χ3v) is 3.66. The highest BCUT2D eigenvalue weighted by Crippen LogP contribution is 2.36. The number of amides is 1. The number of ether oxygens (including phenoxy) is 2. The van der Waals surface area contributed by atoms with E-state index in [2.05, 4.69) is 5.32 Å². The average Bonchev–Trinajstić information content (AvgIpc) is 2.96. The van der Waals surface area contributed by atoms with Crippen LogP contribution in [0.15, 0.2) is 24.3 Å². The maximum Gasteiger partial charge on any atom is 0.419 e. The van der Waals surface area contributed by atoms with Gasteiger partial charge in [0, 0.05) is 13.0 Å². The zero-order valence-electron chi connectivity index (χ0n) is 12.7. The minimum atomic E-state index is -4.63. The third kappa shape index (κ3) is 3.78. The maximum atomic E-state index is 12.9. The van der Waals surface area contributed by atoms with Crippen molar-refractivity contribution >= 4 is 11.9 Å². The number of para-hydroxylation sites is 1. The number of carboxylic acids is 1. The first-order chi connectivity index (χ1) is 11.2. The van der Waals surface area contributed by atoms with Crippen LogP contribution in [-0.2, 0) is 20.5 Å². The van der Waals surface area contributed by atoms with Gasteiger partial charge in [-0.05, 0) is 19.1 Å². The quantitative estimate of drug-likeness (QED) is 0.849. The topological polar surface area (TPSA) is 84.9 Å². The van der Waals surface area contributed by atoms with Crippen LogP contribution in [0.4, 0.5) is 13.2 Å². The fourth-order valence-corrected chi connectivity index (χ4v) is 2.27. The molecule has 2 unspecified atom stereocenters. The van der Waals surface area contributed by atoms with E-state index in [1.54, 1.807) is 0 Å². The molecular weight excluding hydrogens is 331 g/mol. The highest BCUT2D eigenvalue weighted by atomic mass is 19.4. The van der Waals surface area contributed by atoms with E-state index in [4.69, 9.17) is 9.47 Å². The van der Waals surface area contributed by atoms with Crippen LogP contribution in [0.5, 0.6) is 5.75 Å². The standard InChI is InChI=1S/C15H16F3NO5/c1-9(12(20)19-14(13(21)22)6-7-23-8-14)24-11-5-3-2-4-10(11)15(16,17)18/h2-5,9H,6-8H2,1H3,(H,19,20)(H,21,22). The molecule has 1 aromatic carbocycles. The van der Waals surface area contributed by atoms with Crippen LogP contribution in [0.25, 0.3) is 0 Å². The molecule has 6 nitrogen and oxygen atoms in total. The Hall–Kier alpha value is -2.29. The Labute approximate surface area is 135 Å². The van der Waals surface area contributed by atoms with Crippen LogP contribution in [0, 0.1) is 0 Å². The number of hydrogen-bond donors (Lipinski definition) is 2. The monoisotopic (exact) mass is 347 g/mol. The maximum absolute atomic E-state index is 12.9. The molecule has 0 saturated carbocycles. The summed E-state index contributed by atoms with van der Waals surface area (Å²) >= 11 is 0. The Morgan fingerprint density at radius 1 is 1.38 bits per heavy atom. The minimum Gasteiger partial charge on any atom is -0.480 e. The number of aliphatic carboxylic acids is 1. The second-order valence-electron chi connectivity index (χ2n) is 5.43. The lowest BCUT2D eigenvalue weighted by atomic mass is 9.98. The number of carbonyl (C=O) groups excluding carboxylic acids is 1. The molecule has 2 rings (SSSR count). The lowest BCUT2D eigenvalue weighted by Crippen LogP contribution is -2.57. The first-order valence-electron chi connectivity index (χ1n) is 7.12. The largest absolute Gasteiger partial charge is 0.480 e. The van der Waals surface area contributed by atoms with Gasteiger partial charge in [-0.3, -0.25) is 4.79 Å². The first kappa shape index (κ1) is 18.1. The van der Waals surface area contributed by atoms with Crippen molar-refractivity contribution in [3.05, 3.63) is 29.8 Å². The molecule has 1 saturated heterocycles. The Bertz CT molecular complexity index is 626. The van der Waals surface area contributed by atoms with E-state index >= 15 is 0 Å². The van der Waals surface area contributed by atoms with Gasteiger partial charge in [-0.2, -0.15) is 13.2 Å². The highest BCUT2D eigenvalue weighted by Gasteiger charge is 2.45. The molecule has 1 amide bonds. The summed E-state index contributed by atoms with van der Waals surface area (Å²) in [5, 5.41) is 11.6. The molecule has 0 spiro atoms. The molecule has 9 heteroatoms. The number of hydrogen-bond acceptors (Lipinski definition) is 4. The number of benzene rings is 1. The zero-order chi connectivity index (χ0) is 18.0. The van der Waals surface area contributed by atoms with E-state index in [1.165, 1.54) is 19.1 Å². The molecule has 24 heavy (non-hydrogen) atoms. The van der Waals surface area contributed by atoms with Gasteiger partial charge in [0.2, 0.25) is 0 Å². The van der Waals surface area contributed by atoms with Gasteiger partial charge in [0.15, 0.2) is 11.6 Å². The predicted molar refractivity (Wildman–Crippen MR) is 75.5 cm³/mol. The molecular formula is C15H16F3NO5. The van der Waals surface area contributed by atoms with Crippen molar-refractivity contribution in [1.82, 2.24) is 5.32 Å². The van der Waals surface area contributed by atoms with E-state index in [0.717, 1.165) is 12.1 Å². The van der Waals surface area contributed by atoms with Crippen LogP contribution in [-0.4, -0.2) is 41.8 Å². The number of carboxylic acid groups (broad SMARTS) is 1. The Morgan fingerprint density at radius 3 is 2.58 bits per heavy atom. The minimum absolute atomic E-state index is 0.0694. The molecule has 1 fully saturated rings. The summed E-state index contributed by atoms with van der Waals surface area (Å²) < 4.78 is 48.9. The van der Waals surface area contributed by atoms with E-state index in [9.17, 15) is 27.9 Å². The second-order valence-corrected chi connectivity index (χ2v) is 5.43. The molecule has 0 aliphatic carbocycles. The molecule has 1 aliphatic heterocycles. The van der Waals surface area contributed by atoms with Gasteiger partial charge in [0.05, 0.1) is 12.2 Å². The smallest absolute Gasteiger partial charge is 0.419 e. The fourth-order valence-electron chi connectivity index (χ4n) is 2.27. The Kier molecular flexibility index (Phi) is 5.02. The molecule has 0 bridgehead atoms. The van der Waals surface area contributed by atoms with Crippen molar-refractivity contribution in [3.63, 3.8) is 0 Å². The molecule has 1 heterocycles. The normalized spacial score (nSPS) is 22.0. The molecule has 1 aliphatic rings. The van der Waals surface area contributed by atoms with E-state index in [1.807, 2.05) is 0 Å². The van der Waals surface area contributed by atoms with Crippen molar-refractivity contribution in [2.75, 3.05) is 13.2 Å². The summed E-state index contributed by atoms with van der Waals surface area (Å²) in [6.45, 7) is 1.20. The van der Waals surface area contributed by atoms with Gasteiger partial charge in [0.1, 0.15) is 5.75 Å². The Morgan fingerprint density at radius 2 is 2.04 bits per heavy atom. The van der Waals surface area contributed by atoms with Crippen LogP contribution < -0.4 is 10.1 Å². The van der Waals surface area contributed by atoms with E-state index in [0.29, 0.717) is 0 Å². The number of carbonyl (C=O) groups is 2. The zero-order valence-corrected chi connectivity index (χ0v) is 12.7. The predicted octanol–water partition coefficient (Wildman–Crippen LogP) is 1.83. The lowest BCUT2D eigenvalue weighted by Gasteiger charge is -2.26. The van der Waals surface area contributed by atoms with Crippen LogP contribution in [0.1, 0.15) is 18.9 Å². The van der Waals surface area contributed by atoms with Gasteiger partial charge in [-0.1, -0.05) is 12.1 Å².